The molecule has 1 aromatic rings. The number of nitrogens with zero attached hydrogens (tertiary/aromatic N) is 1. The van der Waals surface area contributed by atoms with Gasteiger partial charge in [-0.2, -0.15) is 0 Å². The minimum absolute atomic E-state index is 0.781. The SMILES string of the molecule is CC.CC(C)CCc1cnc[nH]1. The lowest BCUT2D eigenvalue weighted by Gasteiger charge is -2.00. The Bertz CT molecular complexity index is 166. The Balaban J connectivity index is 0.000000561. The molecule has 2 nitrogen and oxygen atoms in total. The van der Waals surface area contributed by atoms with E-state index in [0.717, 1.165) is 12.3 Å². The van der Waals surface area contributed by atoms with Crippen molar-refractivity contribution in [3.63, 3.8) is 0 Å². The standard InChI is InChI=1S/C8H14N2.C2H6/c1-7(2)3-4-8-5-9-6-10-8;1-2/h5-7H,3-4H2,1-2H3,(H,9,10);1-2H3. The highest BCUT2D eigenvalue weighted by atomic mass is 14.9. The molecule has 1 heterocycles. The van der Waals surface area contributed by atoms with Crippen LogP contribution in [0.25, 0.3) is 0 Å². The summed E-state index contributed by atoms with van der Waals surface area (Å²) in [6.45, 7) is 8.47. The van der Waals surface area contributed by atoms with Crippen molar-refractivity contribution in [2.24, 2.45) is 5.92 Å². The van der Waals surface area contributed by atoms with Crippen molar-refractivity contribution in [3.05, 3.63) is 18.2 Å². The molecule has 0 unspecified atom stereocenters. The number of hydrogen-bond acceptors (Lipinski definition) is 1. The molecule has 0 atom stereocenters. The van der Waals surface area contributed by atoms with Crippen LogP contribution in [0.4, 0.5) is 0 Å². The second-order valence-electron chi connectivity index (χ2n) is 3.01. The molecule has 70 valence electrons. The lowest BCUT2D eigenvalue weighted by atomic mass is 10.1. The number of nitrogens with one attached hydrogen (secondary N) is 1. The molecule has 0 aromatic carbocycles. The predicted octanol–water partition coefficient (Wildman–Crippen LogP) is 3.02. The monoisotopic (exact) mass is 168 g/mol. The van der Waals surface area contributed by atoms with Crippen molar-refractivity contribution in [3.8, 4) is 0 Å². The minimum atomic E-state index is 0.781. The van der Waals surface area contributed by atoms with Gasteiger partial charge in [0.05, 0.1) is 6.33 Å². The second-order valence-corrected chi connectivity index (χ2v) is 3.01. The molecule has 0 saturated carbocycles. The Morgan fingerprint density at radius 3 is 2.50 bits per heavy atom. The summed E-state index contributed by atoms with van der Waals surface area (Å²) < 4.78 is 0. The van der Waals surface area contributed by atoms with Crippen LogP contribution < -0.4 is 0 Å². The number of aromatic nitrogens is 2. The van der Waals surface area contributed by atoms with Gasteiger partial charge in [0.15, 0.2) is 0 Å². The quantitative estimate of drug-likeness (QED) is 0.738. The Morgan fingerprint density at radius 2 is 2.08 bits per heavy atom. The summed E-state index contributed by atoms with van der Waals surface area (Å²) in [5.41, 5.74) is 1.24. The number of aromatic amines is 1. The van der Waals surface area contributed by atoms with Gasteiger partial charge in [0, 0.05) is 11.9 Å². The highest BCUT2D eigenvalue weighted by molar-refractivity contribution is 4.93. The molecule has 1 N–H and O–H groups in total. The van der Waals surface area contributed by atoms with E-state index in [-0.39, 0.29) is 0 Å². The Hall–Kier alpha value is -0.790. The first kappa shape index (κ1) is 11.2. The maximum Gasteiger partial charge on any atom is 0.0921 e. The maximum atomic E-state index is 3.94. The first-order valence-corrected chi connectivity index (χ1v) is 4.76. The Kier molecular flexibility index (Phi) is 6.44. The highest BCUT2D eigenvalue weighted by Gasteiger charge is 1.96. The molecule has 0 amide bonds. The molecule has 0 radical (unpaired) electrons. The average molecular weight is 168 g/mol. The van der Waals surface area contributed by atoms with Gasteiger partial charge in [0.25, 0.3) is 0 Å². The van der Waals surface area contributed by atoms with Crippen LogP contribution in [-0.2, 0) is 6.42 Å². The normalized spacial score (nSPS) is 9.42. The number of aryl methyl sites for hydroxylation is 1. The van der Waals surface area contributed by atoms with Crippen LogP contribution in [0.15, 0.2) is 12.5 Å². The zero-order valence-electron chi connectivity index (χ0n) is 8.59. The largest absolute Gasteiger partial charge is 0.348 e. The van der Waals surface area contributed by atoms with E-state index < -0.39 is 0 Å². The van der Waals surface area contributed by atoms with Crippen LogP contribution in [0.2, 0.25) is 0 Å². The van der Waals surface area contributed by atoms with Gasteiger partial charge in [0.1, 0.15) is 0 Å². The van der Waals surface area contributed by atoms with Crippen LogP contribution in [0, 0.1) is 5.92 Å². The Labute approximate surface area is 75.4 Å². The molecule has 12 heavy (non-hydrogen) atoms. The highest BCUT2D eigenvalue weighted by Crippen LogP contribution is 2.04. The minimum Gasteiger partial charge on any atom is -0.348 e. The summed E-state index contributed by atoms with van der Waals surface area (Å²) in [7, 11) is 0. The number of hydrogen-bond donors (Lipinski definition) is 1. The molecule has 0 aliphatic rings. The van der Waals surface area contributed by atoms with Crippen LogP contribution in [0.3, 0.4) is 0 Å². The van der Waals surface area contributed by atoms with Crippen molar-refractivity contribution in [1.82, 2.24) is 9.97 Å². The number of imidazole rings is 1. The predicted molar refractivity (Wildman–Crippen MR) is 53.1 cm³/mol. The summed E-state index contributed by atoms with van der Waals surface area (Å²) >= 11 is 0. The van der Waals surface area contributed by atoms with E-state index in [1.54, 1.807) is 6.33 Å². The van der Waals surface area contributed by atoms with Crippen LogP contribution in [-0.4, -0.2) is 9.97 Å². The molecule has 1 aromatic heterocycles. The molecule has 1 rings (SSSR count). The summed E-state index contributed by atoms with van der Waals surface area (Å²) in [6, 6.07) is 0. The van der Waals surface area contributed by atoms with Gasteiger partial charge in [0.2, 0.25) is 0 Å². The zero-order chi connectivity index (χ0) is 9.40. The second kappa shape index (κ2) is 6.89. The summed E-state index contributed by atoms with van der Waals surface area (Å²) in [5.74, 6) is 0.781. The van der Waals surface area contributed by atoms with E-state index in [0.29, 0.717) is 0 Å². The fourth-order valence-corrected chi connectivity index (χ4v) is 0.866. The molecule has 0 fully saturated rings. The van der Waals surface area contributed by atoms with Crippen molar-refractivity contribution in [1.29, 1.82) is 0 Å². The van der Waals surface area contributed by atoms with Crippen LogP contribution in [0.1, 0.15) is 39.8 Å². The van der Waals surface area contributed by atoms with Crippen molar-refractivity contribution in [2.45, 2.75) is 40.5 Å². The molecule has 0 aliphatic heterocycles. The summed E-state index contributed by atoms with van der Waals surface area (Å²) in [6.07, 6.45) is 5.98. The van der Waals surface area contributed by atoms with E-state index in [2.05, 4.69) is 23.8 Å². The third-order valence-electron chi connectivity index (χ3n) is 1.55. The van der Waals surface area contributed by atoms with Crippen LogP contribution in [0.5, 0.6) is 0 Å². The number of rotatable bonds is 3. The van der Waals surface area contributed by atoms with Crippen molar-refractivity contribution >= 4 is 0 Å². The smallest absolute Gasteiger partial charge is 0.0921 e. The molecular formula is C10H20N2. The van der Waals surface area contributed by atoms with Gasteiger partial charge in [-0.1, -0.05) is 27.7 Å². The first-order valence-electron chi connectivity index (χ1n) is 4.76. The molecule has 0 bridgehead atoms. The molecule has 0 saturated heterocycles. The van der Waals surface area contributed by atoms with E-state index in [9.17, 15) is 0 Å². The van der Waals surface area contributed by atoms with Crippen molar-refractivity contribution < 1.29 is 0 Å². The van der Waals surface area contributed by atoms with Gasteiger partial charge in [-0.25, -0.2) is 4.98 Å². The lowest BCUT2D eigenvalue weighted by molar-refractivity contribution is 0.582. The van der Waals surface area contributed by atoms with Gasteiger partial charge in [-0.15, -0.1) is 0 Å². The van der Waals surface area contributed by atoms with Crippen molar-refractivity contribution in [2.75, 3.05) is 0 Å². The van der Waals surface area contributed by atoms with Gasteiger partial charge in [-0.05, 0) is 18.8 Å². The fraction of sp³-hybridized carbons (Fsp3) is 0.700. The molecule has 2 heteroatoms. The zero-order valence-corrected chi connectivity index (χ0v) is 8.59. The summed E-state index contributed by atoms with van der Waals surface area (Å²) in [5, 5.41) is 0. The third kappa shape index (κ3) is 4.94. The van der Waals surface area contributed by atoms with Gasteiger partial charge in [-0.3, -0.25) is 0 Å². The summed E-state index contributed by atoms with van der Waals surface area (Å²) in [4.78, 5) is 7.03. The van der Waals surface area contributed by atoms with E-state index >= 15 is 0 Å². The Morgan fingerprint density at radius 1 is 1.42 bits per heavy atom. The van der Waals surface area contributed by atoms with E-state index in [1.165, 1.54) is 12.1 Å². The average Bonchev–Trinajstić information content (AvgIpc) is 2.56. The van der Waals surface area contributed by atoms with Gasteiger partial charge >= 0.3 is 0 Å². The van der Waals surface area contributed by atoms with Gasteiger partial charge < -0.3 is 4.98 Å². The van der Waals surface area contributed by atoms with E-state index in [1.807, 2.05) is 20.0 Å². The molecule has 0 spiro atoms. The third-order valence-corrected chi connectivity index (χ3v) is 1.55. The van der Waals surface area contributed by atoms with E-state index in [4.69, 9.17) is 0 Å². The first-order chi connectivity index (χ1) is 5.79. The molecule has 0 aliphatic carbocycles. The lowest BCUT2D eigenvalue weighted by Crippen LogP contribution is -1.91. The van der Waals surface area contributed by atoms with Crippen LogP contribution >= 0.6 is 0 Å². The topological polar surface area (TPSA) is 28.7 Å². The maximum absolute atomic E-state index is 3.94. The molecular weight excluding hydrogens is 148 g/mol. The fourth-order valence-electron chi connectivity index (χ4n) is 0.866. The number of H-pyrrole nitrogens is 1.